The third kappa shape index (κ3) is 7.48. The van der Waals surface area contributed by atoms with Gasteiger partial charge < -0.3 is 24.8 Å². The van der Waals surface area contributed by atoms with Gasteiger partial charge in [-0.05, 0) is 87.3 Å². The number of aliphatic carboxylic acids is 1. The molecule has 0 spiro atoms. The fraction of sp³-hybridized carbons (Fsp3) is 0.424. The fourth-order valence-corrected chi connectivity index (χ4v) is 5.56. The second-order valence-corrected chi connectivity index (χ2v) is 11.6. The molecule has 0 radical (unpaired) electrons. The number of rotatable bonds is 12. The topological polar surface area (TPSA) is 101 Å². The number of methoxy groups -OCH3 is 1. The van der Waals surface area contributed by atoms with Crippen molar-refractivity contribution in [3.63, 3.8) is 0 Å². The molecular weight excluding hydrogens is 554 g/mol. The van der Waals surface area contributed by atoms with Gasteiger partial charge in [0.2, 0.25) is 0 Å². The van der Waals surface area contributed by atoms with Crippen molar-refractivity contribution in [2.24, 2.45) is 0 Å². The van der Waals surface area contributed by atoms with E-state index < -0.39 is 17.4 Å². The highest BCUT2D eigenvalue weighted by molar-refractivity contribution is 6.32. The summed E-state index contributed by atoms with van der Waals surface area (Å²) in [7, 11) is 5.68. The number of aryl methyl sites for hydroxylation is 1. The minimum Gasteiger partial charge on any atom is -0.492 e. The zero-order valence-corrected chi connectivity index (χ0v) is 25.6. The number of hydrogen-bond acceptors (Lipinski definition) is 6. The van der Waals surface area contributed by atoms with Gasteiger partial charge in [0.1, 0.15) is 17.0 Å². The summed E-state index contributed by atoms with van der Waals surface area (Å²) in [5.41, 5.74) is 3.99. The maximum Gasteiger partial charge on any atom is 0.329 e. The lowest BCUT2D eigenvalue weighted by Gasteiger charge is -2.33. The van der Waals surface area contributed by atoms with Crippen LogP contribution in [0, 0.1) is 6.92 Å². The van der Waals surface area contributed by atoms with E-state index in [1.165, 1.54) is 0 Å². The number of carboxylic acid groups (broad SMARTS) is 1. The van der Waals surface area contributed by atoms with Crippen molar-refractivity contribution in [1.29, 1.82) is 0 Å². The highest BCUT2D eigenvalue weighted by atomic mass is 35.5. The Hall–Kier alpha value is -3.46. The number of carboxylic acids is 1. The highest BCUT2D eigenvalue weighted by Gasteiger charge is 2.41. The Balaban J connectivity index is 1.77. The van der Waals surface area contributed by atoms with Gasteiger partial charge in [0.05, 0.1) is 23.9 Å². The van der Waals surface area contributed by atoms with Gasteiger partial charge in [-0.2, -0.15) is 0 Å². The van der Waals surface area contributed by atoms with Gasteiger partial charge in [-0.3, -0.25) is 4.79 Å². The van der Waals surface area contributed by atoms with Gasteiger partial charge in [-0.25, -0.2) is 9.78 Å². The van der Waals surface area contributed by atoms with Crippen LogP contribution >= 0.6 is 11.6 Å². The average Bonchev–Trinajstić information content (AvgIpc) is 2.97. The lowest BCUT2D eigenvalue weighted by atomic mass is 9.81. The summed E-state index contributed by atoms with van der Waals surface area (Å²) in [6.45, 7) is 3.87. The molecule has 9 heteroatoms. The fourth-order valence-electron chi connectivity index (χ4n) is 5.39. The van der Waals surface area contributed by atoms with Crippen LogP contribution in [0.25, 0.3) is 22.4 Å². The summed E-state index contributed by atoms with van der Waals surface area (Å²) in [5.74, 6) is -0.981. The van der Waals surface area contributed by atoms with Crippen LogP contribution < -0.4 is 10.1 Å². The molecule has 4 rings (SSSR count). The minimum atomic E-state index is -1.28. The summed E-state index contributed by atoms with van der Waals surface area (Å²) in [6.07, 6.45) is 4.10. The van der Waals surface area contributed by atoms with Crippen LogP contribution in [0.2, 0.25) is 5.02 Å². The first-order chi connectivity index (χ1) is 20.1. The Labute approximate surface area is 253 Å². The van der Waals surface area contributed by atoms with Crippen molar-refractivity contribution in [1.82, 2.24) is 15.2 Å². The smallest absolute Gasteiger partial charge is 0.329 e. The van der Waals surface area contributed by atoms with Crippen LogP contribution in [0.15, 0.2) is 48.5 Å². The number of nitrogens with zero attached hydrogens (tertiary/aromatic N) is 2. The molecule has 0 atom stereocenters. The molecule has 0 saturated heterocycles. The van der Waals surface area contributed by atoms with Crippen molar-refractivity contribution in [2.45, 2.75) is 57.6 Å². The Kier molecular flexibility index (Phi) is 10.6. The summed E-state index contributed by atoms with van der Waals surface area (Å²) >= 11 is 6.51. The normalized spacial score (nSPS) is 14.5. The van der Waals surface area contributed by atoms with E-state index in [-0.39, 0.29) is 5.69 Å². The van der Waals surface area contributed by atoms with Crippen LogP contribution in [0.3, 0.4) is 0 Å². The molecule has 1 aromatic heterocycles. The molecule has 8 nitrogen and oxygen atoms in total. The third-order valence-corrected chi connectivity index (χ3v) is 8.02. The summed E-state index contributed by atoms with van der Waals surface area (Å²) in [6, 6.07) is 15.1. The molecule has 1 aliphatic rings. The number of ether oxygens (including phenoxy) is 2. The molecule has 0 aliphatic heterocycles. The maximum absolute atomic E-state index is 13.5. The lowest BCUT2D eigenvalue weighted by molar-refractivity contribution is -0.145. The Morgan fingerprint density at radius 1 is 1.05 bits per heavy atom. The van der Waals surface area contributed by atoms with E-state index in [4.69, 9.17) is 26.1 Å². The predicted octanol–water partition coefficient (Wildman–Crippen LogP) is 6.37. The molecule has 2 N–H and O–H groups in total. The van der Waals surface area contributed by atoms with E-state index in [0.29, 0.717) is 42.5 Å². The van der Waals surface area contributed by atoms with Gasteiger partial charge in [0.25, 0.3) is 5.91 Å². The number of carbonyl (C=O) groups excluding carboxylic acids is 1. The molecule has 0 unspecified atom stereocenters. The van der Waals surface area contributed by atoms with Crippen LogP contribution in [0.5, 0.6) is 5.75 Å². The van der Waals surface area contributed by atoms with Crippen LogP contribution in [-0.4, -0.2) is 66.8 Å². The largest absolute Gasteiger partial charge is 0.492 e. The van der Waals surface area contributed by atoms with Crippen molar-refractivity contribution in [2.75, 3.05) is 34.4 Å². The number of carbonyl (C=O) groups is 2. The average molecular weight is 594 g/mol. The molecule has 42 heavy (non-hydrogen) atoms. The molecule has 0 bridgehead atoms. The number of benzene rings is 2. The van der Waals surface area contributed by atoms with Gasteiger partial charge in [-0.1, -0.05) is 49.1 Å². The van der Waals surface area contributed by atoms with Crippen LogP contribution in [-0.2, 0) is 16.1 Å². The SMILES string of the molecule is COCc1ccc(C)c(-c2ccc(C(=O)NC3(C(=O)O)CCCCC3)nc2-c2ccc(Cl)c(OCCCN(C)C)c2)c1. The number of nitrogens with one attached hydrogen (secondary N) is 1. The summed E-state index contributed by atoms with van der Waals surface area (Å²) < 4.78 is 11.4. The molecule has 224 valence electrons. The van der Waals surface area contributed by atoms with E-state index in [9.17, 15) is 14.7 Å². The zero-order valence-electron chi connectivity index (χ0n) is 24.8. The first-order valence-electron chi connectivity index (χ1n) is 14.4. The number of halogens is 1. The first-order valence-corrected chi connectivity index (χ1v) is 14.7. The quantitative estimate of drug-likeness (QED) is 0.235. The highest BCUT2D eigenvalue weighted by Crippen LogP contribution is 2.37. The maximum atomic E-state index is 13.5. The number of amides is 1. The van der Waals surface area contributed by atoms with Crippen molar-refractivity contribution >= 4 is 23.5 Å². The van der Waals surface area contributed by atoms with Crippen molar-refractivity contribution in [3.05, 3.63) is 70.4 Å². The van der Waals surface area contributed by atoms with E-state index in [0.717, 1.165) is 60.0 Å². The Morgan fingerprint density at radius 2 is 1.81 bits per heavy atom. The summed E-state index contributed by atoms with van der Waals surface area (Å²) in [4.78, 5) is 32.7. The molecule has 1 amide bonds. The molecule has 1 aliphatic carbocycles. The number of pyridine rings is 1. The van der Waals surface area contributed by atoms with Gasteiger partial charge in [-0.15, -0.1) is 0 Å². The monoisotopic (exact) mass is 593 g/mol. The van der Waals surface area contributed by atoms with E-state index in [1.54, 1.807) is 19.2 Å². The van der Waals surface area contributed by atoms with Crippen molar-refractivity contribution < 1.29 is 24.2 Å². The molecular formula is C33H40ClN3O5. The second-order valence-electron chi connectivity index (χ2n) is 11.2. The third-order valence-electron chi connectivity index (χ3n) is 7.71. The van der Waals surface area contributed by atoms with Gasteiger partial charge in [0.15, 0.2) is 0 Å². The molecule has 1 fully saturated rings. The molecule has 1 heterocycles. The van der Waals surface area contributed by atoms with Crippen LogP contribution in [0.1, 0.15) is 60.1 Å². The van der Waals surface area contributed by atoms with E-state index >= 15 is 0 Å². The van der Waals surface area contributed by atoms with E-state index in [1.807, 2.05) is 51.4 Å². The number of hydrogen-bond donors (Lipinski definition) is 2. The molecule has 3 aromatic rings. The minimum absolute atomic E-state index is 0.147. The first kappa shape index (κ1) is 31.5. The van der Waals surface area contributed by atoms with Gasteiger partial charge >= 0.3 is 5.97 Å². The molecule has 2 aromatic carbocycles. The van der Waals surface area contributed by atoms with E-state index in [2.05, 4.69) is 16.3 Å². The number of aromatic nitrogens is 1. The predicted molar refractivity (Wildman–Crippen MR) is 165 cm³/mol. The van der Waals surface area contributed by atoms with Crippen molar-refractivity contribution in [3.8, 4) is 28.1 Å². The standard InChI is InChI=1S/C33H40ClN3O5/c1-22-9-10-23(21-41-4)19-26(22)25-12-14-28(31(38)36-33(32(39)40)15-6-5-7-16-33)35-30(25)24-11-13-27(34)29(20-24)42-18-8-17-37(2)3/h9-14,19-20H,5-8,15-18,21H2,1-4H3,(H,36,38)(H,39,40). The van der Waals surface area contributed by atoms with Gasteiger partial charge in [0, 0.05) is 24.8 Å². The molecule has 1 saturated carbocycles. The Morgan fingerprint density at radius 3 is 2.50 bits per heavy atom. The summed E-state index contributed by atoms with van der Waals surface area (Å²) in [5, 5.41) is 13.3. The van der Waals surface area contributed by atoms with Crippen LogP contribution in [0.4, 0.5) is 0 Å². The Bertz CT molecular complexity index is 1420. The lowest BCUT2D eigenvalue weighted by Crippen LogP contribution is -2.55. The zero-order chi connectivity index (χ0) is 30.3. The second kappa shape index (κ2) is 14.1.